The van der Waals surface area contributed by atoms with Gasteiger partial charge in [-0.1, -0.05) is 18.2 Å². The van der Waals surface area contributed by atoms with E-state index in [1.807, 2.05) is 0 Å². The Hall–Kier alpha value is -4.56. The van der Waals surface area contributed by atoms with Crippen molar-refractivity contribution in [2.24, 2.45) is 5.10 Å². The lowest BCUT2D eigenvalue weighted by atomic mass is 9.95. The molecule has 0 aliphatic carbocycles. The molecule has 1 atom stereocenters. The van der Waals surface area contributed by atoms with Crippen molar-refractivity contribution in [3.05, 3.63) is 75.0 Å². The number of hydrazone groups is 1. The topological polar surface area (TPSA) is 151 Å². The van der Waals surface area contributed by atoms with E-state index in [9.17, 15) is 19.7 Å². The van der Waals surface area contributed by atoms with Gasteiger partial charge in [0, 0.05) is 49.2 Å². The van der Waals surface area contributed by atoms with Crippen LogP contribution in [0.1, 0.15) is 31.0 Å². The normalized spacial score (nSPS) is 17.5. The molecule has 2 aliphatic rings. The van der Waals surface area contributed by atoms with Gasteiger partial charge in [-0.2, -0.15) is 5.10 Å². The minimum Gasteiger partial charge on any atom is -0.483 e. The summed E-state index contributed by atoms with van der Waals surface area (Å²) in [6.07, 6.45) is 1.25. The van der Waals surface area contributed by atoms with Gasteiger partial charge in [0.2, 0.25) is 0 Å². The highest BCUT2D eigenvalue weighted by molar-refractivity contribution is 7.80. The Morgan fingerprint density at radius 3 is 2.67 bits per heavy atom. The van der Waals surface area contributed by atoms with Gasteiger partial charge >= 0.3 is 5.97 Å². The summed E-state index contributed by atoms with van der Waals surface area (Å²) in [6.45, 7) is 6.63. The molecule has 3 N–H and O–H groups in total. The Balaban J connectivity index is 1.44. The fraction of sp³-hybridized carbons (Fsp3) is 0.357. The van der Waals surface area contributed by atoms with Crippen molar-refractivity contribution < 1.29 is 24.0 Å². The van der Waals surface area contributed by atoms with E-state index >= 15 is 0 Å². The summed E-state index contributed by atoms with van der Waals surface area (Å²) >= 11 is 5.30. The predicted molar refractivity (Wildman–Crippen MR) is 161 cm³/mol. The number of para-hydroxylation sites is 1. The maximum Gasteiger partial charge on any atom is 0.338 e. The van der Waals surface area contributed by atoms with E-state index in [-0.39, 0.29) is 17.9 Å². The molecule has 2 heterocycles. The number of nitrogens with zero attached hydrogens (tertiary/aromatic N) is 4. The third kappa shape index (κ3) is 7.39. The number of hydrogen-bond acceptors (Lipinski definition) is 10. The van der Waals surface area contributed by atoms with Crippen LogP contribution in [0.2, 0.25) is 0 Å². The molecule has 1 fully saturated rings. The summed E-state index contributed by atoms with van der Waals surface area (Å²) in [7, 11) is 2.05. The van der Waals surface area contributed by atoms with Gasteiger partial charge in [-0.25, -0.2) is 10.2 Å². The molecule has 4 rings (SSSR count). The number of anilines is 1. The molecule has 13 nitrogen and oxygen atoms in total. The van der Waals surface area contributed by atoms with Crippen LogP contribution in [-0.2, 0) is 14.3 Å². The monoisotopic (exact) mass is 595 g/mol. The zero-order valence-corrected chi connectivity index (χ0v) is 24.4. The molecule has 2 aromatic rings. The second-order valence-electron chi connectivity index (χ2n) is 9.70. The van der Waals surface area contributed by atoms with Crippen LogP contribution in [0.25, 0.3) is 0 Å². The standard InChI is InChI=1S/C28H33N7O6S/c1-4-40-27(37)25-18(2)30-28(42)31-26(25)21-7-5-6-8-23(21)41-17-24(36)32-29-16-19-15-20(9-10-22(19)35(38)39)34-13-11-33(3)12-14-34/h5-10,15-16,26H,4,11-14,17H2,1-3H3,(H,32,36)(H2,30,31,42)/t26-/m0/s1. The summed E-state index contributed by atoms with van der Waals surface area (Å²) in [4.78, 5) is 40.8. The van der Waals surface area contributed by atoms with Crippen molar-refractivity contribution in [3.8, 4) is 5.75 Å². The zero-order valence-electron chi connectivity index (χ0n) is 23.6. The second-order valence-corrected chi connectivity index (χ2v) is 10.1. The number of carbonyl (C=O) groups excluding carboxylic acids is 2. The summed E-state index contributed by atoms with van der Waals surface area (Å²) in [5, 5.41) is 21.9. The van der Waals surface area contributed by atoms with Crippen LogP contribution in [-0.4, -0.2) is 79.5 Å². The zero-order chi connectivity index (χ0) is 30.2. The van der Waals surface area contributed by atoms with Gasteiger partial charge in [0.25, 0.3) is 11.6 Å². The van der Waals surface area contributed by atoms with Crippen LogP contribution in [0.3, 0.4) is 0 Å². The van der Waals surface area contributed by atoms with E-state index in [1.165, 1.54) is 12.3 Å². The molecule has 2 aliphatic heterocycles. The molecule has 0 saturated carbocycles. The van der Waals surface area contributed by atoms with E-state index in [4.69, 9.17) is 21.7 Å². The van der Waals surface area contributed by atoms with Crippen LogP contribution < -0.4 is 25.7 Å². The van der Waals surface area contributed by atoms with E-state index in [1.54, 1.807) is 50.2 Å². The molecule has 0 spiro atoms. The Bertz CT molecular complexity index is 1420. The van der Waals surface area contributed by atoms with Crippen molar-refractivity contribution >= 4 is 46.8 Å². The number of esters is 1. The van der Waals surface area contributed by atoms with E-state index in [2.05, 4.69) is 38.0 Å². The van der Waals surface area contributed by atoms with Gasteiger partial charge < -0.3 is 29.9 Å². The fourth-order valence-corrected chi connectivity index (χ4v) is 4.95. The minimum absolute atomic E-state index is 0.121. The van der Waals surface area contributed by atoms with Crippen LogP contribution in [0.4, 0.5) is 11.4 Å². The van der Waals surface area contributed by atoms with E-state index in [0.717, 1.165) is 31.9 Å². The molecular formula is C28H33N7O6S. The first-order valence-corrected chi connectivity index (χ1v) is 13.8. The highest BCUT2D eigenvalue weighted by Crippen LogP contribution is 2.33. The minimum atomic E-state index is -0.664. The first-order valence-electron chi connectivity index (χ1n) is 13.4. The Labute approximate surface area is 248 Å². The largest absolute Gasteiger partial charge is 0.483 e. The number of ether oxygens (including phenoxy) is 2. The maximum atomic E-state index is 12.7. The summed E-state index contributed by atoms with van der Waals surface area (Å²) in [6, 6.07) is 11.1. The number of nitro benzene ring substituents is 1. The lowest BCUT2D eigenvalue weighted by Gasteiger charge is -2.34. The van der Waals surface area contributed by atoms with Gasteiger partial charge in [-0.15, -0.1) is 0 Å². The molecule has 14 heteroatoms. The molecule has 1 saturated heterocycles. The van der Waals surface area contributed by atoms with Crippen molar-refractivity contribution in [3.63, 3.8) is 0 Å². The second kappa shape index (κ2) is 13.9. The molecule has 42 heavy (non-hydrogen) atoms. The average Bonchev–Trinajstić information content (AvgIpc) is 2.96. The molecule has 0 radical (unpaired) electrons. The number of thiocarbonyl (C=S) groups is 1. The summed E-state index contributed by atoms with van der Waals surface area (Å²) < 4.78 is 11.0. The van der Waals surface area contributed by atoms with Crippen molar-refractivity contribution in [1.29, 1.82) is 0 Å². The molecular weight excluding hydrogens is 562 g/mol. The number of allylic oxidation sites excluding steroid dienone is 1. The Kier molecular flexibility index (Phi) is 10.0. The SMILES string of the molecule is CCOC(=O)C1=C(C)NC(=S)N[C@H]1c1ccccc1OCC(=O)NN=Cc1cc(N2CCN(C)CC2)ccc1[N+](=O)[O-]. The number of rotatable bonds is 10. The Morgan fingerprint density at radius 2 is 1.95 bits per heavy atom. The number of carbonyl (C=O) groups is 2. The number of benzene rings is 2. The highest BCUT2D eigenvalue weighted by atomic mass is 32.1. The van der Waals surface area contributed by atoms with Gasteiger partial charge in [-0.3, -0.25) is 14.9 Å². The van der Waals surface area contributed by atoms with E-state index < -0.39 is 29.4 Å². The average molecular weight is 596 g/mol. The van der Waals surface area contributed by atoms with Crippen molar-refractivity contribution in [2.75, 3.05) is 51.3 Å². The van der Waals surface area contributed by atoms with E-state index in [0.29, 0.717) is 27.7 Å². The number of hydrogen-bond donors (Lipinski definition) is 3. The number of nitrogens with one attached hydrogen (secondary N) is 3. The first kappa shape index (κ1) is 30.4. The quantitative estimate of drug-likeness (QED) is 0.122. The number of nitro groups is 1. The number of likely N-dealkylation sites (N-methyl/N-ethyl adjacent to an activating group) is 1. The third-order valence-corrected chi connectivity index (χ3v) is 7.04. The molecule has 0 aromatic heterocycles. The summed E-state index contributed by atoms with van der Waals surface area (Å²) in [5.74, 6) is -0.732. The molecule has 1 amide bonds. The van der Waals surface area contributed by atoms with Crippen LogP contribution in [0.5, 0.6) is 5.75 Å². The molecule has 0 unspecified atom stereocenters. The lowest BCUT2D eigenvalue weighted by molar-refractivity contribution is -0.385. The van der Waals surface area contributed by atoms with Crippen LogP contribution in [0, 0.1) is 10.1 Å². The van der Waals surface area contributed by atoms with Gasteiger partial charge in [0.1, 0.15) is 5.75 Å². The van der Waals surface area contributed by atoms with Crippen molar-refractivity contribution in [2.45, 2.75) is 19.9 Å². The lowest BCUT2D eigenvalue weighted by Crippen LogP contribution is -2.45. The van der Waals surface area contributed by atoms with Gasteiger partial charge in [0.05, 0.1) is 34.9 Å². The maximum absolute atomic E-state index is 12.7. The Morgan fingerprint density at radius 1 is 1.21 bits per heavy atom. The van der Waals surface area contributed by atoms with Crippen LogP contribution in [0.15, 0.2) is 58.8 Å². The fourth-order valence-electron chi connectivity index (χ4n) is 4.68. The highest BCUT2D eigenvalue weighted by Gasteiger charge is 2.32. The first-order chi connectivity index (χ1) is 20.2. The summed E-state index contributed by atoms with van der Waals surface area (Å²) in [5.41, 5.74) is 4.83. The van der Waals surface area contributed by atoms with Gasteiger partial charge in [0.15, 0.2) is 11.7 Å². The third-order valence-electron chi connectivity index (χ3n) is 6.82. The smallest absolute Gasteiger partial charge is 0.338 e. The predicted octanol–water partition coefficient (Wildman–Crippen LogP) is 2.23. The number of amides is 1. The number of piperazine rings is 1. The molecule has 2 aromatic carbocycles. The molecule has 222 valence electrons. The van der Waals surface area contributed by atoms with Crippen LogP contribution >= 0.6 is 12.2 Å². The van der Waals surface area contributed by atoms with Gasteiger partial charge in [-0.05, 0) is 51.3 Å². The van der Waals surface area contributed by atoms with Crippen molar-refractivity contribution in [1.82, 2.24) is 21.0 Å². The molecule has 0 bridgehead atoms.